The van der Waals surface area contributed by atoms with Crippen molar-refractivity contribution >= 4 is 12.0 Å². The number of carbonyl (C=O) groups is 1. The Balaban J connectivity index is 1.55. The van der Waals surface area contributed by atoms with Crippen LogP contribution in [0.15, 0.2) is 65.2 Å². The van der Waals surface area contributed by atoms with Gasteiger partial charge in [-0.25, -0.2) is 4.39 Å². The van der Waals surface area contributed by atoms with Crippen molar-refractivity contribution in [2.24, 2.45) is 0 Å². The third-order valence-corrected chi connectivity index (χ3v) is 3.21. The number of halogens is 1. The van der Waals surface area contributed by atoms with E-state index in [1.165, 1.54) is 18.2 Å². The Bertz CT molecular complexity index is 842. The summed E-state index contributed by atoms with van der Waals surface area (Å²) in [6, 6.07) is 15.3. The van der Waals surface area contributed by atoms with Crippen LogP contribution in [0.4, 0.5) is 4.39 Å². The molecular formula is C18H14FN3O2. The van der Waals surface area contributed by atoms with Crippen LogP contribution in [0.25, 0.3) is 17.5 Å². The van der Waals surface area contributed by atoms with Gasteiger partial charge in [0, 0.05) is 11.6 Å². The number of nitrogens with one attached hydrogen (secondary N) is 1. The molecule has 1 N–H and O–H groups in total. The smallest absolute Gasteiger partial charge is 0.246 e. The van der Waals surface area contributed by atoms with Crippen molar-refractivity contribution in [1.29, 1.82) is 0 Å². The normalized spacial score (nSPS) is 10.9. The van der Waals surface area contributed by atoms with E-state index in [0.29, 0.717) is 11.7 Å². The van der Waals surface area contributed by atoms with Gasteiger partial charge in [-0.05, 0) is 23.8 Å². The van der Waals surface area contributed by atoms with Gasteiger partial charge in [0.1, 0.15) is 5.82 Å². The van der Waals surface area contributed by atoms with E-state index >= 15 is 0 Å². The van der Waals surface area contributed by atoms with Crippen LogP contribution >= 0.6 is 0 Å². The molecule has 120 valence electrons. The summed E-state index contributed by atoms with van der Waals surface area (Å²) in [5, 5.41) is 6.52. The quantitative estimate of drug-likeness (QED) is 0.732. The highest BCUT2D eigenvalue weighted by atomic mass is 19.1. The first kappa shape index (κ1) is 15.6. The van der Waals surface area contributed by atoms with Gasteiger partial charge >= 0.3 is 0 Å². The van der Waals surface area contributed by atoms with E-state index in [1.54, 1.807) is 18.2 Å². The van der Waals surface area contributed by atoms with E-state index in [9.17, 15) is 9.18 Å². The zero-order chi connectivity index (χ0) is 16.8. The number of aromatic nitrogens is 2. The minimum Gasteiger partial charge on any atom is -0.343 e. The first-order chi connectivity index (χ1) is 11.7. The highest BCUT2D eigenvalue weighted by molar-refractivity contribution is 5.91. The van der Waals surface area contributed by atoms with Crippen LogP contribution in [0.3, 0.4) is 0 Å². The Kier molecular flexibility index (Phi) is 4.76. The predicted molar refractivity (Wildman–Crippen MR) is 87.0 cm³/mol. The van der Waals surface area contributed by atoms with Gasteiger partial charge < -0.3 is 9.84 Å². The molecule has 1 amide bonds. The van der Waals surface area contributed by atoms with Gasteiger partial charge in [-0.3, -0.25) is 4.79 Å². The van der Waals surface area contributed by atoms with Gasteiger partial charge in [-0.2, -0.15) is 4.98 Å². The van der Waals surface area contributed by atoms with Crippen LogP contribution < -0.4 is 5.32 Å². The Morgan fingerprint density at radius 3 is 2.62 bits per heavy atom. The average Bonchev–Trinajstić information content (AvgIpc) is 3.09. The Labute approximate surface area is 137 Å². The summed E-state index contributed by atoms with van der Waals surface area (Å²) in [5.74, 6) is 0.167. The van der Waals surface area contributed by atoms with Crippen molar-refractivity contribution in [3.8, 4) is 11.4 Å². The van der Waals surface area contributed by atoms with Crippen LogP contribution in [0.2, 0.25) is 0 Å². The van der Waals surface area contributed by atoms with Crippen molar-refractivity contribution in [3.05, 3.63) is 77.9 Å². The number of amides is 1. The molecule has 0 fully saturated rings. The van der Waals surface area contributed by atoms with Crippen LogP contribution in [0.5, 0.6) is 0 Å². The Morgan fingerprint density at radius 2 is 1.88 bits per heavy atom. The summed E-state index contributed by atoms with van der Waals surface area (Å²) in [4.78, 5) is 16.0. The molecule has 0 radical (unpaired) electrons. The molecule has 2 aromatic carbocycles. The van der Waals surface area contributed by atoms with Crippen molar-refractivity contribution < 1.29 is 13.7 Å². The molecular weight excluding hydrogens is 309 g/mol. The molecule has 0 aliphatic heterocycles. The zero-order valence-corrected chi connectivity index (χ0v) is 12.6. The Morgan fingerprint density at radius 1 is 1.12 bits per heavy atom. The van der Waals surface area contributed by atoms with Gasteiger partial charge in [0.15, 0.2) is 0 Å². The average molecular weight is 323 g/mol. The highest BCUT2D eigenvalue weighted by Crippen LogP contribution is 2.14. The van der Waals surface area contributed by atoms with Gasteiger partial charge in [0.25, 0.3) is 0 Å². The lowest BCUT2D eigenvalue weighted by atomic mass is 10.2. The molecule has 3 aromatic rings. The second kappa shape index (κ2) is 7.32. The number of hydrogen-bond donors (Lipinski definition) is 1. The SMILES string of the molecule is O=C(/C=C/c1ccc(F)cc1)NCc1nc(-c2ccccc2)no1. The predicted octanol–water partition coefficient (Wildman–Crippen LogP) is 3.21. The molecule has 24 heavy (non-hydrogen) atoms. The summed E-state index contributed by atoms with van der Waals surface area (Å²) in [6.45, 7) is 0.131. The molecule has 6 heteroatoms. The summed E-state index contributed by atoms with van der Waals surface area (Å²) < 4.78 is 17.9. The van der Waals surface area contributed by atoms with E-state index in [4.69, 9.17) is 4.52 Å². The summed E-state index contributed by atoms with van der Waals surface area (Å²) in [7, 11) is 0. The third kappa shape index (κ3) is 4.13. The van der Waals surface area contributed by atoms with Gasteiger partial charge in [0.05, 0.1) is 6.54 Å². The number of carbonyl (C=O) groups excluding carboxylic acids is 1. The lowest BCUT2D eigenvalue weighted by Crippen LogP contribution is -2.20. The van der Waals surface area contributed by atoms with Crippen LogP contribution in [0, 0.1) is 5.82 Å². The lowest BCUT2D eigenvalue weighted by molar-refractivity contribution is -0.116. The molecule has 0 saturated carbocycles. The molecule has 0 saturated heterocycles. The van der Waals surface area contributed by atoms with Crippen molar-refractivity contribution in [2.75, 3.05) is 0 Å². The molecule has 0 bridgehead atoms. The highest BCUT2D eigenvalue weighted by Gasteiger charge is 2.08. The molecule has 0 unspecified atom stereocenters. The van der Waals surface area contributed by atoms with Gasteiger partial charge in [-0.15, -0.1) is 0 Å². The fraction of sp³-hybridized carbons (Fsp3) is 0.0556. The minimum absolute atomic E-state index is 0.131. The summed E-state index contributed by atoms with van der Waals surface area (Å²) >= 11 is 0. The van der Waals surface area contributed by atoms with E-state index in [-0.39, 0.29) is 18.3 Å². The second-order valence-electron chi connectivity index (χ2n) is 4.98. The lowest BCUT2D eigenvalue weighted by Gasteiger charge is -1.97. The van der Waals surface area contributed by atoms with Gasteiger partial charge in [-0.1, -0.05) is 47.6 Å². The number of rotatable bonds is 5. The minimum atomic E-state index is -0.317. The second-order valence-corrected chi connectivity index (χ2v) is 4.98. The molecule has 0 aliphatic carbocycles. The maximum atomic E-state index is 12.8. The van der Waals surface area contributed by atoms with E-state index < -0.39 is 0 Å². The number of nitrogens with zero attached hydrogens (tertiary/aromatic N) is 2. The summed E-state index contributed by atoms with van der Waals surface area (Å²) in [6.07, 6.45) is 2.96. The van der Waals surface area contributed by atoms with Crippen molar-refractivity contribution in [2.45, 2.75) is 6.54 Å². The number of benzene rings is 2. The zero-order valence-electron chi connectivity index (χ0n) is 12.6. The van der Waals surface area contributed by atoms with Crippen molar-refractivity contribution in [3.63, 3.8) is 0 Å². The van der Waals surface area contributed by atoms with E-state index in [1.807, 2.05) is 30.3 Å². The Hall–Kier alpha value is -3.28. The fourth-order valence-electron chi connectivity index (χ4n) is 2.00. The molecule has 3 rings (SSSR count). The maximum Gasteiger partial charge on any atom is 0.246 e. The molecule has 1 aromatic heterocycles. The molecule has 0 spiro atoms. The van der Waals surface area contributed by atoms with Crippen LogP contribution in [0.1, 0.15) is 11.5 Å². The van der Waals surface area contributed by atoms with Gasteiger partial charge in [0.2, 0.25) is 17.6 Å². The monoisotopic (exact) mass is 323 g/mol. The fourth-order valence-corrected chi connectivity index (χ4v) is 2.00. The first-order valence-electron chi connectivity index (χ1n) is 7.30. The van der Waals surface area contributed by atoms with Crippen molar-refractivity contribution in [1.82, 2.24) is 15.5 Å². The maximum absolute atomic E-state index is 12.8. The van der Waals surface area contributed by atoms with Crippen LogP contribution in [-0.4, -0.2) is 16.0 Å². The number of hydrogen-bond acceptors (Lipinski definition) is 4. The van der Waals surface area contributed by atoms with E-state index in [2.05, 4.69) is 15.5 Å². The largest absolute Gasteiger partial charge is 0.343 e. The molecule has 0 aliphatic rings. The molecule has 1 heterocycles. The van der Waals surface area contributed by atoms with E-state index in [0.717, 1.165) is 11.1 Å². The standard InChI is InChI=1S/C18H14FN3O2/c19-15-9-6-13(7-10-15)8-11-16(23)20-12-17-21-18(22-24-17)14-4-2-1-3-5-14/h1-11H,12H2,(H,20,23)/b11-8+. The topological polar surface area (TPSA) is 68.0 Å². The first-order valence-corrected chi connectivity index (χ1v) is 7.30. The molecule has 5 nitrogen and oxygen atoms in total. The summed E-state index contributed by atoms with van der Waals surface area (Å²) in [5.41, 5.74) is 1.57. The molecule has 0 atom stereocenters. The third-order valence-electron chi connectivity index (χ3n) is 3.21. The van der Waals surface area contributed by atoms with Crippen LogP contribution in [-0.2, 0) is 11.3 Å².